The van der Waals surface area contributed by atoms with Gasteiger partial charge in [0, 0.05) is 11.5 Å². The summed E-state index contributed by atoms with van der Waals surface area (Å²) < 4.78 is 5.27. The van der Waals surface area contributed by atoms with Crippen molar-refractivity contribution in [3.8, 4) is 5.75 Å². The van der Waals surface area contributed by atoms with Crippen LogP contribution >= 0.6 is 0 Å². The summed E-state index contributed by atoms with van der Waals surface area (Å²) >= 11 is 0. The lowest BCUT2D eigenvalue weighted by atomic mass is 10.1. The number of oxime groups is 1. The predicted octanol–water partition coefficient (Wildman–Crippen LogP) is 1.77. The van der Waals surface area contributed by atoms with Crippen LogP contribution in [0.15, 0.2) is 23.4 Å². The highest BCUT2D eigenvalue weighted by atomic mass is 16.5. The zero-order valence-electron chi connectivity index (χ0n) is 11.9. The van der Waals surface area contributed by atoms with Crippen LogP contribution in [0.4, 0.5) is 5.69 Å². The average molecular weight is 289 g/mol. The first kappa shape index (κ1) is 13.7. The smallest absolute Gasteiger partial charge is 0.228 e. The number of ether oxygens (including phenoxy) is 1. The lowest BCUT2D eigenvalue weighted by Crippen LogP contribution is -2.22. The molecule has 2 aliphatic carbocycles. The molecule has 21 heavy (non-hydrogen) atoms. The van der Waals surface area contributed by atoms with Crippen molar-refractivity contribution in [1.82, 2.24) is 0 Å². The van der Waals surface area contributed by atoms with Crippen LogP contribution in [-0.4, -0.2) is 24.1 Å². The van der Waals surface area contributed by atoms with E-state index in [-0.39, 0.29) is 17.7 Å². The van der Waals surface area contributed by atoms with Crippen molar-refractivity contribution in [2.24, 2.45) is 28.6 Å². The Kier molecular flexibility index (Phi) is 3.45. The average Bonchev–Trinajstić information content (AvgIpc) is 3.00. The summed E-state index contributed by atoms with van der Waals surface area (Å²) in [7, 11) is 1.52. The van der Waals surface area contributed by atoms with Gasteiger partial charge in [-0.05, 0) is 36.8 Å². The molecule has 0 saturated heterocycles. The van der Waals surface area contributed by atoms with Crippen molar-refractivity contribution in [1.29, 1.82) is 0 Å². The quantitative estimate of drug-likeness (QED) is 0.340. The summed E-state index contributed by atoms with van der Waals surface area (Å²) in [4.78, 5) is 12.4. The molecule has 1 amide bonds. The number of anilines is 1. The molecule has 0 heterocycles. The molecule has 2 fully saturated rings. The van der Waals surface area contributed by atoms with Crippen molar-refractivity contribution in [2.75, 3.05) is 12.4 Å². The number of amidine groups is 1. The van der Waals surface area contributed by atoms with Gasteiger partial charge in [0.25, 0.3) is 0 Å². The van der Waals surface area contributed by atoms with Crippen molar-refractivity contribution in [3.63, 3.8) is 0 Å². The first-order chi connectivity index (χ1) is 10.2. The number of para-hydroxylation sites is 1. The van der Waals surface area contributed by atoms with Crippen LogP contribution in [0, 0.1) is 17.8 Å². The number of hydrogen-bond acceptors (Lipinski definition) is 4. The molecule has 4 N–H and O–H groups in total. The van der Waals surface area contributed by atoms with E-state index in [0.717, 1.165) is 12.8 Å². The number of hydrogen-bond donors (Lipinski definition) is 3. The molecule has 1 aromatic carbocycles. The molecule has 3 rings (SSSR count). The number of nitrogens with zero attached hydrogens (tertiary/aromatic N) is 1. The number of nitrogens with two attached hydrogens (primary N) is 1. The van der Waals surface area contributed by atoms with Gasteiger partial charge in [-0.25, -0.2) is 0 Å². The number of methoxy groups -OCH3 is 1. The third-order valence-electron chi connectivity index (χ3n) is 4.59. The van der Waals surface area contributed by atoms with Gasteiger partial charge >= 0.3 is 0 Å². The van der Waals surface area contributed by atoms with Gasteiger partial charge in [0.2, 0.25) is 5.91 Å². The highest BCUT2D eigenvalue weighted by molar-refractivity contribution is 6.07. The van der Waals surface area contributed by atoms with Crippen LogP contribution in [0.1, 0.15) is 24.8 Å². The predicted molar refractivity (Wildman–Crippen MR) is 78.5 cm³/mol. The summed E-state index contributed by atoms with van der Waals surface area (Å²) in [6.45, 7) is 0. The van der Waals surface area contributed by atoms with Crippen molar-refractivity contribution < 1.29 is 14.7 Å². The molecular weight excluding hydrogens is 270 g/mol. The zero-order chi connectivity index (χ0) is 15.0. The van der Waals surface area contributed by atoms with Gasteiger partial charge in [-0.2, -0.15) is 0 Å². The lowest BCUT2D eigenvalue weighted by molar-refractivity contribution is -0.118. The lowest BCUT2D eigenvalue weighted by Gasteiger charge is -2.14. The molecule has 0 spiro atoms. The minimum absolute atomic E-state index is 0.00110. The highest BCUT2D eigenvalue weighted by Crippen LogP contribution is 2.57. The normalized spacial score (nSPS) is 27.1. The fourth-order valence-electron chi connectivity index (χ4n) is 3.51. The highest BCUT2D eigenvalue weighted by Gasteiger charge is 2.56. The summed E-state index contributed by atoms with van der Waals surface area (Å²) in [5.74, 6) is 1.61. The third-order valence-corrected chi connectivity index (χ3v) is 4.59. The van der Waals surface area contributed by atoms with Crippen LogP contribution in [0.25, 0.3) is 0 Å². The molecule has 0 aliphatic heterocycles. The second kappa shape index (κ2) is 5.27. The van der Waals surface area contributed by atoms with Gasteiger partial charge in [-0.1, -0.05) is 17.6 Å². The summed E-state index contributed by atoms with van der Waals surface area (Å²) in [6.07, 6.45) is 3.51. The molecule has 1 aromatic rings. The molecule has 0 radical (unpaired) electrons. The SMILES string of the molecule is COc1cccc(/C(N)=N/O)c1NC(=O)C1C2CCCC21. The van der Waals surface area contributed by atoms with Gasteiger partial charge in [-0.3, -0.25) is 4.79 Å². The standard InChI is InChI=1S/C15H19N3O3/c1-21-11-7-3-6-10(14(16)18-20)13(11)17-15(19)12-8-4-2-5-9(8)12/h3,6-9,12,20H,2,4-5H2,1H3,(H2,16,18)(H,17,19). The fourth-order valence-corrected chi connectivity index (χ4v) is 3.51. The van der Waals surface area contributed by atoms with E-state index in [9.17, 15) is 4.79 Å². The number of fused-ring (bicyclic) bond motifs is 1. The van der Waals surface area contributed by atoms with Crippen molar-refractivity contribution in [2.45, 2.75) is 19.3 Å². The Morgan fingerprint density at radius 3 is 2.76 bits per heavy atom. The monoisotopic (exact) mass is 289 g/mol. The van der Waals surface area contributed by atoms with Crippen LogP contribution < -0.4 is 15.8 Å². The van der Waals surface area contributed by atoms with E-state index < -0.39 is 0 Å². The van der Waals surface area contributed by atoms with E-state index in [0.29, 0.717) is 28.8 Å². The van der Waals surface area contributed by atoms with Gasteiger partial charge in [-0.15, -0.1) is 0 Å². The molecule has 6 heteroatoms. The van der Waals surface area contributed by atoms with Gasteiger partial charge in [0.1, 0.15) is 5.75 Å². The largest absolute Gasteiger partial charge is 0.495 e. The minimum atomic E-state index is -0.0554. The Morgan fingerprint density at radius 1 is 1.43 bits per heavy atom. The van der Waals surface area contributed by atoms with Crippen LogP contribution in [0.2, 0.25) is 0 Å². The Hall–Kier alpha value is -2.24. The maximum absolute atomic E-state index is 12.4. The van der Waals surface area contributed by atoms with Crippen LogP contribution in [0.3, 0.4) is 0 Å². The summed E-state index contributed by atoms with van der Waals surface area (Å²) in [5.41, 5.74) is 6.59. The Bertz CT molecular complexity index is 590. The molecule has 2 unspecified atom stereocenters. The molecule has 2 saturated carbocycles. The summed E-state index contributed by atoms with van der Waals surface area (Å²) in [6, 6.07) is 5.14. The molecule has 2 atom stereocenters. The van der Waals surface area contributed by atoms with Gasteiger partial charge in [0.05, 0.1) is 12.8 Å². The van der Waals surface area contributed by atoms with E-state index in [2.05, 4.69) is 10.5 Å². The Labute approximate surface area is 123 Å². The zero-order valence-corrected chi connectivity index (χ0v) is 11.9. The molecule has 0 bridgehead atoms. The van der Waals surface area contributed by atoms with Gasteiger partial charge in [0.15, 0.2) is 5.84 Å². The number of rotatable bonds is 4. The second-order valence-corrected chi connectivity index (χ2v) is 5.64. The van der Waals surface area contributed by atoms with Crippen molar-refractivity contribution >= 4 is 17.4 Å². The molecule has 112 valence electrons. The first-order valence-corrected chi connectivity index (χ1v) is 7.13. The number of nitrogens with one attached hydrogen (secondary N) is 1. The van der Waals surface area contributed by atoms with E-state index in [1.165, 1.54) is 13.5 Å². The minimum Gasteiger partial charge on any atom is -0.495 e. The van der Waals surface area contributed by atoms with Gasteiger partial charge < -0.3 is 21.0 Å². The summed E-state index contributed by atoms with van der Waals surface area (Å²) in [5, 5.41) is 14.8. The van der Waals surface area contributed by atoms with Crippen LogP contribution in [0.5, 0.6) is 5.75 Å². The second-order valence-electron chi connectivity index (χ2n) is 5.64. The number of benzene rings is 1. The molecular formula is C15H19N3O3. The molecule has 0 aromatic heterocycles. The van der Waals surface area contributed by atoms with E-state index in [4.69, 9.17) is 15.7 Å². The maximum atomic E-state index is 12.4. The van der Waals surface area contributed by atoms with E-state index in [1.54, 1.807) is 18.2 Å². The van der Waals surface area contributed by atoms with E-state index in [1.807, 2.05) is 0 Å². The first-order valence-electron chi connectivity index (χ1n) is 7.13. The number of carbonyl (C=O) groups excluding carboxylic acids is 1. The molecule has 2 aliphatic rings. The van der Waals surface area contributed by atoms with Crippen molar-refractivity contribution in [3.05, 3.63) is 23.8 Å². The third kappa shape index (κ3) is 2.30. The Morgan fingerprint density at radius 2 is 2.14 bits per heavy atom. The number of amides is 1. The van der Waals surface area contributed by atoms with Crippen LogP contribution in [-0.2, 0) is 4.79 Å². The van der Waals surface area contributed by atoms with E-state index >= 15 is 0 Å². The Balaban J connectivity index is 1.85. The topological polar surface area (TPSA) is 96.9 Å². The maximum Gasteiger partial charge on any atom is 0.228 e. The molecule has 6 nitrogen and oxygen atoms in total. The number of carbonyl (C=O) groups is 1. The fraction of sp³-hybridized carbons (Fsp3) is 0.467.